The molecule has 0 unspecified atom stereocenters. The molecule has 0 heterocycles. The summed E-state index contributed by atoms with van der Waals surface area (Å²) in [5.41, 5.74) is 2.43. The van der Waals surface area contributed by atoms with Gasteiger partial charge in [0.25, 0.3) is 0 Å². The largest absolute Gasteiger partial charge is 0.273 e. The van der Waals surface area contributed by atoms with Gasteiger partial charge in [-0.3, -0.25) is 20.0 Å². The van der Waals surface area contributed by atoms with Gasteiger partial charge in [-0.2, -0.15) is 0 Å². The molecule has 1 N–H and O–H groups in total. The highest BCUT2D eigenvalue weighted by atomic mass is 16.2. The van der Waals surface area contributed by atoms with Crippen molar-refractivity contribution in [1.29, 1.82) is 0 Å². The van der Waals surface area contributed by atoms with E-state index in [0.717, 1.165) is 6.42 Å². The van der Waals surface area contributed by atoms with Crippen LogP contribution in [-0.2, 0) is 9.59 Å². The summed E-state index contributed by atoms with van der Waals surface area (Å²) in [7, 11) is 1.52. The molecular weight excluding hydrogens is 144 g/mol. The number of hydrazine groups is 1. The molecule has 11 heavy (non-hydrogen) atoms. The lowest BCUT2D eigenvalue weighted by molar-refractivity contribution is -0.138. The van der Waals surface area contributed by atoms with Crippen molar-refractivity contribution in [2.24, 2.45) is 0 Å². The Bertz CT molecular complexity index is 157. The van der Waals surface area contributed by atoms with Gasteiger partial charge in [0.1, 0.15) is 0 Å². The molecule has 4 nitrogen and oxygen atoms in total. The van der Waals surface area contributed by atoms with Crippen molar-refractivity contribution >= 4 is 11.8 Å². The lowest BCUT2D eigenvalue weighted by Crippen LogP contribution is -2.41. The molecule has 0 aliphatic carbocycles. The first-order chi connectivity index (χ1) is 5.07. The molecule has 0 aliphatic heterocycles. The van der Waals surface area contributed by atoms with E-state index in [2.05, 4.69) is 5.43 Å². The summed E-state index contributed by atoms with van der Waals surface area (Å²) in [4.78, 5) is 21.4. The van der Waals surface area contributed by atoms with E-state index < -0.39 is 0 Å². The molecule has 0 bridgehead atoms. The van der Waals surface area contributed by atoms with Crippen molar-refractivity contribution in [3.05, 3.63) is 0 Å². The fourth-order valence-corrected chi connectivity index (χ4v) is 0.549. The van der Waals surface area contributed by atoms with Crippen LogP contribution in [0.15, 0.2) is 0 Å². The molecule has 0 fully saturated rings. The monoisotopic (exact) mass is 158 g/mol. The zero-order valence-corrected chi connectivity index (χ0v) is 7.18. The summed E-state index contributed by atoms with van der Waals surface area (Å²) in [5.74, 6) is -0.292. The highest BCUT2D eigenvalue weighted by Crippen LogP contribution is 1.86. The van der Waals surface area contributed by atoms with Crippen molar-refractivity contribution < 1.29 is 9.59 Å². The maximum absolute atomic E-state index is 10.9. The number of nitrogens with zero attached hydrogens (tertiary/aromatic N) is 1. The van der Waals surface area contributed by atoms with Gasteiger partial charge in [-0.1, -0.05) is 6.92 Å². The second kappa shape index (κ2) is 4.71. The van der Waals surface area contributed by atoms with E-state index in [4.69, 9.17) is 0 Å². The van der Waals surface area contributed by atoms with Crippen molar-refractivity contribution in [3.8, 4) is 0 Å². The van der Waals surface area contributed by atoms with Crippen LogP contribution in [0.25, 0.3) is 0 Å². The average molecular weight is 158 g/mol. The van der Waals surface area contributed by atoms with Crippen LogP contribution in [0.4, 0.5) is 0 Å². The van der Waals surface area contributed by atoms with Crippen molar-refractivity contribution in [1.82, 2.24) is 10.4 Å². The van der Waals surface area contributed by atoms with Crippen molar-refractivity contribution in [3.63, 3.8) is 0 Å². The smallest absolute Gasteiger partial charge is 0.238 e. The zero-order valence-electron chi connectivity index (χ0n) is 7.18. The molecule has 0 aromatic rings. The molecule has 0 spiro atoms. The Labute approximate surface area is 66.5 Å². The number of nitrogens with one attached hydrogen (secondary N) is 1. The minimum Gasteiger partial charge on any atom is -0.273 e. The van der Waals surface area contributed by atoms with E-state index in [9.17, 15) is 9.59 Å². The molecule has 0 aliphatic rings. The summed E-state index contributed by atoms with van der Waals surface area (Å²) in [6, 6.07) is 0. The summed E-state index contributed by atoms with van der Waals surface area (Å²) in [5, 5.41) is 1.18. The van der Waals surface area contributed by atoms with E-state index in [1.54, 1.807) is 0 Å². The van der Waals surface area contributed by atoms with Crippen LogP contribution < -0.4 is 5.43 Å². The highest BCUT2D eigenvalue weighted by molar-refractivity contribution is 5.80. The fourth-order valence-electron chi connectivity index (χ4n) is 0.549. The molecule has 0 aromatic carbocycles. The van der Waals surface area contributed by atoms with Gasteiger partial charge in [0.15, 0.2) is 0 Å². The number of hydrogen-bond acceptors (Lipinski definition) is 2. The van der Waals surface area contributed by atoms with Crippen molar-refractivity contribution in [2.45, 2.75) is 26.7 Å². The predicted molar refractivity (Wildman–Crippen MR) is 41.5 cm³/mol. The molecule has 2 amide bonds. The second-order valence-corrected chi connectivity index (χ2v) is 2.36. The Morgan fingerprint density at radius 2 is 2.00 bits per heavy atom. The molecular formula is C7H14N2O2. The molecule has 64 valence electrons. The van der Waals surface area contributed by atoms with E-state index in [0.29, 0.717) is 6.42 Å². The summed E-state index contributed by atoms with van der Waals surface area (Å²) in [6.45, 7) is 3.31. The van der Waals surface area contributed by atoms with Crippen LogP contribution in [-0.4, -0.2) is 23.9 Å². The quantitative estimate of drug-likeness (QED) is 0.587. The maximum Gasteiger partial charge on any atom is 0.238 e. The van der Waals surface area contributed by atoms with Crippen LogP contribution in [0.2, 0.25) is 0 Å². The molecule has 0 saturated carbocycles. The lowest BCUT2D eigenvalue weighted by Gasteiger charge is -2.15. The Morgan fingerprint density at radius 1 is 1.45 bits per heavy atom. The Hall–Kier alpha value is -1.06. The predicted octanol–water partition coefficient (Wildman–Crippen LogP) is 0.296. The van der Waals surface area contributed by atoms with Gasteiger partial charge in [-0.15, -0.1) is 0 Å². The zero-order chi connectivity index (χ0) is 8.85. The van der Waals surface area contributed by atoms with Gasteiger partial charge in [0, 0.05) is 20.4 Å². The molecule has 0 atom stereocenters. The molecule has 0 aromatic heterocycles. The van der Waals surface area contributed by atoms with Crippen LogP contribution in [0.3, 0.4) is 0 Å². The first kappa shape index (κ1) is 9.94. The first-order valence-corrected chi connectivity index (χ1v) is 3.61. The third-order valence-corrected chi connectivity index (χ3v) is 1.24. The third-order valence-electron chi connectivity index (χ3n) is 1.24. The van der Waals surface area contributed by atoms with Gasteiger partial charge in [0.2, 0.25) is 11.8 Å². The minimum atomic E-state index is -0.172. The SMILES string of the molecule is CCCC(=O)NN(C)C(C)=O. The fraction of sp³-hybridized carbons (Fsp3) is 0.714. The first-order valence-electron chi connectivity index (χ1n) is 3.61. The highest BCUT2D eigenvalue weighted by Gasteiger charge is 2.04. The Balaban J connectivity index is 3.66. The number of rotatable bonds is 2. The molecule has 4 heteroatoms. The van der Waals surface area contributed by atoms with Gasteiger partial charge >= 0.3 is 0 Å². The van der Waals surface area contributed by atoms with Crippen LogP contribution in [0.1, 0.15) is 26.7 Å². The van der Waals surface area contributed by atoms with Crippen LogP contribution >= 0.6 is 0 Å². The molecule has 0 rings (SSSR count). The lowest BCUT2D eigenvalue weighted by atomic mass is 10.3. The normalized spacial score (nSPS) is 9.00. The Morgan fingerprint density at radius 3 is 2.36 bits per heavy atom. The van der Waals surface area contributed by atoms with E-state index in [1.165, 1.54) is 19.0 Å². The minimum absolute atomic E-state index is 0.120. The maximum atomic E-state index is 10.9. The van der Waals surface area contributed by atoms with E-state index in [-0.39, 0.29) is 11.8 Å². The average Bonchev–Trinajstić information content (AvgIpc) is 1.87. The summed E-state index contributed by atoms with van der Waals surface area (Å²) >= 11 is 0. The van der Waals surface area contributed by atoms with E-state index >= 15 is 0 Å². The molecule has 0 saturated heterocycles. The third kappa shape index (κ3) is 4.36. The Kier molecular flexibility index (Phi) is 4.26. The number of carbonyl (C=O) groups excluding carboxylic acids is 2. The molecule has 0 radical (unpaired) electrons. The van der Waals surface area contributed by atoms with Gasteiger partial charge in [-0.05, 0) is 6.42 Å². The topological polar surface area (TPSA) is 49.4 Å². The van der Waals surface area contributed by atoms with Gasteiger partial charge < -0.3 is 0 Å². The van der Waals surface area contributed by atoms with E-state index in [1.807, 2.05) is 6.92 Å². The summed E-state index contributed by atoms with van der Waals surface area (Å²) in [6.07, 6.45) is 1.25. The second-order valence-electron chi connectivity index (χ2n) is 2.36. The number of carbonyl (C=O) groups is 2. The van der Waals surface area contributed by atoms with Gasteiger partial charge in [-0.25, -0.2) is 0 Å². The van der Waals surface area contributed by atoms with Crippen molar-refractivity contribution in [2.75, 3.05) is 7.05 Å². The number of amides is 2. The standard InChI is InChI=1S/C7H14N2O2/c1-4-5-7(11)8-9(3)6(2)10/h4-5H2,1-3H3,(H,8,11). The van der Waals surface area contributed by atoms with Gasteiger partial charge in [0.05, 0.1) is 0 Å². The summed E-state index contributed by atoms with van der Waals surface area (Å²) < 4.78 is 0. The van der Waals surface area contributed by atoms with Crippen LogP contribution in [0.5, 0.6) is 0 Å². The van der Waals surface area contributed by atoms with Crippen LogP contribution in [0, 0.1) is 0 Å². The number of hydrogen-bond donors (Lipinski definition) is 1.